The van der Waals surface area contributed by atoms with Crippen molar-refractivity contribution >= 4 is 5.91 Å². The molecule has 1 amide bonds. The van der Waals surface area contributed by atoms with Gasteiger partial charge in [0.15, 0.2) is 11.5 Å². The highest BCUT2D eigenvalue weighted by molar-refractivity contribution is 5.82. The lowest BCUT2D eigenvalue weighted by atomic mass is 9.89. The van der Waals surface area contributed by atoms with Crippen molar-refractivity contribution in [1.82, 2.24) is 5.32 Å². The van der Waals surface area contributed by atoms with Crippen molar-refractivity contribution in [2.75, 3.05) is 21.3 Å². The van der Waals surface area contributed by atoms with Crippen LogP contribution in [0, 0.1) is 0 Å². The fourth-order valence-corrected chi connectivity index (χ4v) is 2.88. The zero-order valence-corrected chi connectivity index (χ0v) is 13.4. The number of rotatable bonds is 4. The molecule has 0 aromatic heterocycles. The van der Waals surface area contributed by atoms with Gasteiger partial charge >= 0.3 is 0 Å². The van der Waals surface area contributed by atoms with Crippen LogP contribution in [0.3, 0.4) is 0 Å². The van der Waals surface area contributed by atoms with Crippen LogP contribution in [0.4, 0.5) is 0 Å². The summed E-state index contributed by atoms with van der Waals surface area (Å²) in [7, 11) is 4.83. The van der Waals surface area contributed by atoms with Gasteiger partial charge in [-0.05, 0) is 41.0 Å². The topological polar surface area (TPSA) is 56.8 Å². The van der Waals surface area contributed by atoms with Crippen LogP contribution in [0.25, 0.3) is 0 Å². The van der Waals surface area contributed by atoms with Crippen molar-refractivity contribution in [3.05, 3.63) is 53.1 Å². The van der Waals surface area contributed by atoms with E-state index in [1.54, 1.807) is 21.3 Å². The van der Waals surface area contributed by atoms with E-state index in [0.29, 0.717) is 17.9 Å². The average molecular weight is 313 g/mol. The Morgan fingerprint density at radius 3 is 2.22 bits per heavy atom. The van der Waals surface area contributed by atoms with Gasteiger partial charge < -0.3 is 19.5 Å². The van der Waals surface area contributed by atoms with E-state index >= 15 is 0 Å². The normalized spacial score (nSPS) is 16.3. The molecule has 0 spiro atoms. The smallest absolute Gasteiger partial charge is 0.225 e. The van der Waals surface area contributed by atoms with Gasteiger partial charge in [0.05, 0.1) is 33.8 Å². The third-order valence-corrected chi connectivity index (χ3v) is 4.06. The predicted molar refractivity (Wildman–Crippen MR) is 86.2 cm³/mol. The Morgan fingerprint density at radius 2 is 1.61 bits per heavy atom. The lowest BCUT2D eigenvalue weighted by Gasteiger charge is -2.28. The van der Waals surface area contributed by atoms with Gasteiger partial charge in [0.25, 0.3) is 0 Å². The lowest BCUT2D eigenvalue weighted by Crippen LogP contribution is -2.35. The number of amides is 1. The fraction of sp³-hybridized carbons (Fsp3) is 0.278. The molecule has 0 fully saturated rings. The summed E-state index contributed by atoms with van der Waals surface area (Å²) in [5, 5.41) is 3.04. The minimum absolute atomic E-state index is 0.00876. The van der Waals surface area contributed by atoms with Gasteiger partial charge in [0, 0.05) is 0 Å². The average Bonchev–Trinajstić information content (AvgIpc) is 2.59. The highest BCUT2D eigenvalue weighted by atomic mass is 16.5. The number of carbonyl (C=O) groups excluding carboxylic acids is 1. The molecule has 2 aromatic rings. The number of nitrogens with one attached hydrogen (secondary N) is 1. The number of benzene rings is 2. The molecule has 3 rings (SSSR count). The van der Waals surface area contributed by atoms with Crippen molar-refractivity contribution in [2.24, 2.45) is 0 Å². The maximum atomic E-state index is 12.1. The minimum Gasteiger partial charge on any atom is -0.497 e. The summed E-state index contributed by atoms with van der Waals surface area (Å²) in [4.78, 5) is 12.1. The SMILES string of the molecule is COc1ccc([C@H]2NC(=O)Cc3cc(OC)c(OC)cc32)cc1. The molecule has 1 heterocycles. The summed E-state index contributed by atoms with van der Waals surface area (Å²) in [5.41, 5.74) is 2.96. The monoisotopic (exact) mass is 313 g/mol. The number of hydrogen-bond acceptors (Lipinski definition) is 4. The van der Waals surface area contributed by atoms with Crippen molar-refractivity contribution < 1.29 is 19.0 Å². The second-order valence-electron chi connectivity index (χ2n) is 5.36. The maximum absolute atomic E-state index is 12.1. The van der Waals surface area contributed by atoms with E-state index in [4.69, 9.17) is 14.2 Å². The first-order valence-electron chi connectivity index (χ1n) is 7.34. The summed E-state index contributed by atoms with van der Waals surface area (Å²) < 4.78 is 15.9. The van der Waals surface area contributed by atoms with Gasteiger partial charge in [0.1, 0.15) is 5.75 Å². The standard InChI is InChI=1S/C18H19NO4/c1-21-13-6-4-11(5-7-13)18-14-10-16(23-3)15(22-2)8-12(14)9-17(20)19-18/h4-8,10,18H,9H2,1-3H3,(H,19,20)/t18-/m1/s1. The van der Waals surface area contributed by atoms with Gasteiger partial charge in [-0.25, -0.2) is 0 Å². The van der Waals surface area contributed by atoms with Gasteiger partial charge in [-0.15, -0.1) is 0 Å². The number of methoxy groups -OCH3 is 3. The van der Waals surface area contributed by atoms with Crippen LogP contribution in [-0.2, 0) is 11.2 Å². The fourth-order valence-electron chi connectivity index (χ4n) is 2.88. The first-order valence-corrected chi connectivity index (χ1v) is 7.34. The van der Waals surface area contributed by atoms with Crippen molar-refractivity contribution in [2.45, 2.75) is 12.5 Å². The Kier molecular flexibility index (Phi) is 4.10. The Balaban J connectivity index is 2.07. The van der Waals surface area contributed by atoms with Crippen LogP contribution in [0.2, 0.25) is 0 Å². The summed E-state index contributed by atoms with van der Waals surface area (Å²) in [6.45, 7) is 0. The predicted octanol–water partition coefficient (Wildman–Crippen LogP) is 2.47. The molecule has 1 atom stereocenters. The molecule has 0 aliphatic carbocycles. The van der Waals surface area contributed by atoms with Crippen LogP contribution in [-0.4, -0.2) is 27.2 Å². The first kappa shape index (κ1) is 15.2. The summed E-state index contributed by atoms with van der Waals surface area (Å²) in [5.74, 6) is 2.06. The summed E-state index contributed by atoms with van der Waals surface area (Å²) >= 11 is 0. The van der Waals surface area contributed by atoms with Crippen molar-refractivity contribution in [1.29, 1.82) is 0 Å². The van der Waals surface area contributed by atoms with E-state index in [1.165, 1.54) is 0 Å². The minimum atomic E-state index is -0.211. The second kappa shape index (κ2) is 6.20. The van der Waals surface area contributed by atoms with E-state index in [9.17, 15) is 4.79 Å². The largest absolute Gasteiger partial charge is 0.497 e. The zero-order chi connectivity index (χ0) is 16.4. The maximum Gasteiger partial charge on any atom is 0.225 e. The van der Waals surface area contributed by atoms with Gasteiger partial charge in [0.2, 0.25) is 5.91 Å². The number of fused-ring (bicyclic) bond motifs is 1. The van der Waals surface area contributed by atoms with Crippen LogP contribution < -0.4 is 19.5 Å². The van der Waals surface area contributed by atoms with Crippen LogP contribution >= 0.6 is 0 Å². The number of hydrogen-bond donors (Lipinski definition) is 1. The Morgan fingerprint density at radius 1 is 0.957 bits per heavy atom. The Bertz CT molecular complexity index is 725. The van der Waals surface area contributed by atoms with Gasteiger partial charge in [-0.2, -0.15) is 0 Å². The first-order chi connectivity index (χ1) is 11.2. The zero-order valence-electron chi connectivity index (χ0n) is 13.4. The molecular weight excluding hydrogens is 294 g/mol. The molecule has 5 nitrogen and oxygen atoms in total. The van der Waals surface area contributed by atoms with Crippen LogP contribution in [0.15, 0.2) is 36.4 Å². The highest BCUT2D eigenvalue weighted by Crippen LogP contribution is 2.37. The molecule has 0 unspecified atom stereocenters. The van der Waals surface area contributed by atoms with E-state index in [0.717, 1.165) is 22.4 Å². The molecule has 120 valence electrons. The second-order valence-corrected chi connectivity index (χ2v) is 5.36. The van der Waals surface area contributed by atoms with E-state index < -0.39 is 0 Å². The lowest BCUT2D eigenvalue weighted by molar-refractivity contribution is -0.121. The van der Waals surface area contributed by atoms with Crippen molar-refractivity contribution in [3.63, 3.8) is 0 Å². The molecule has 1 aliphatic heterocycles. The third-order valence-electron chi connectivity index (χ3n) is 4.06. The molecule has 23 heavy (non-hydrogen) atoms. The highest BCUT2D eigenvalue weighted by Gasteiger charge is 2.27. The molecule has 0 saturated heterocycles. The molecule has 1 N–H and O–H groups in total. The van der Waals surface area contributed by atoms with Gasteiger partial charge in [-0.3, -0.25) is 4.79 Å². The molecule has 0 bridgehead atoms. The van der Waals surface area contributed by atoms with E-state index in [-0.39, 0.29) is 11.9 Å². The van der Waals surface area contributed by atoms with E-state index in [1.807, 2.05) is 36.4 Å². The molecule has 2 aromatic carbocycles. The number of ether oxygens (including phenoxy) is 3. The number of carbonyl (C=O) groups is 1. The third kappa shape index (κ3) is 2.82. The Hall–Kier alpha value is -2.69. The summed E-state index contributed by atoms with van der Waals surface area (Å²) in [6.07, 6.45) is 0.336. The van der Waals surface area contributed by atoms with Crippen molar-refractivity contribution in [3.8, 4) is 17.2 Å². The van der Waals surface area contributed by atoms with Crippen LogP contribution in [0.1, 0.15) is 22.7 Å². The molecular formula is C18H19NO4. The van der Waals surface area contributed by atoms with Crippen LogP contribution in [0.5, 0.6) is 17.2 Å². The Labute approximate surface area is 135 Å². The molecule has 1 aliphatic rings. The quantitative estimate of drug-likeness (QED) is 0.942. The molecule has 5 heteroatoms. The molecule has 0 radical (unpaired) electrons. The van der Waals surface area contributed by atoms with Gasteiger partial charge in [-0.1, -0.05) is 12.1 Å². The van der Waals surface area contributed by atoms with E-state index in [2.05, 4.69) is 5.32 Å². The summed E-state index contributed by atoms with van der Waals surface area (Å²) in [6, 6.07) is 11.3. The molecule has 0 saturated carbocycles.